The predicted octanol–water partition coefficient (Wildman–Crippen LogP) is 2.34. The van der Waals surface area contributed by atoms with Crippen LogP contribution in [0.2, 0.25) is 0 Å². The van der Waals surface area contributed by atoms with E-state index in [0.717, 1.165) is 49.1 Å². The van der Waals surface area contributed by atoms with Gasteiger partial charge in [-0.1, -0.05) is 0 Å². The van der Waals surface area contributed by atoms with E-state index in [9.17, 15) is 9.59 Å². The summed E-state index contributed by atoms with van der Waals surface area (Å²) in [6.45, 7) is 9.23. The van der Waals surface area contributed by atoms with Crippen LogP contribution in [0.25, 0.3) is 10.9 Å². The van der Waals surface area contributed by atoms with Crippen molar-refractivity contribution in [2.24, 2.45) is 5.92 Å². The number of carbonyl (C=O) groups is 2. The molecule has 1 aromatic carbocycles. The summed E-state index contributed by atoms with van der Waals surface area (Å²) in [6, 6.07) is 7.51. The van der Waals surface area contributed by atoms with Crippen molar-refractivity contribution in [1.82, 2.24) is 19.7 Å². The van der Waals surface area contributed by atoms with Gasteiger partial charge in [0.2, 0.25) is 5.91 Å². The molecule has 8 nitrogen and oxygen atoms in total. The van der Waals surface area contributed by atoms with Crippen LogP contribution in [0, 0.1) is 5.92 Å². The zero-order chi connectivity index (χ0) is 22.2. The number of fused-ring (bicyclic) bond motifs is 1. The summed E-state index contributed by atoms with van der Waals surface area (Å²) in [7, 11) is 0. The van der Waals surface area contributed by atoms with Crippen molar-refractivity contribution >= 4 is 28.5 Å². The van der Waals surface area contributed by atoms with E-state index < -0.39 is 0 Å². The molecule has 1 saturated heterocycles. The number of aliphatic hydroxyl groups is 1. The SMILES string of the molecule is CCN(CC)C(=O)Cn1ccc2cc(NC(=O)NCC3CCN(CCO)CC3)ccc21. The first-order valence-corrected chi connectivity index (χ1v) is 11.3. The summed E-state index contributed by atoms with van der Waals surface area (Å²) < 4.78 is 1.95. The highest BCUT2D eigenvalue weighted by atomic mass is 16.3. The molecule has 8 heteroatoms. The van der Waals surface area contributed by atoms with Gasteiger partial charge in [0.25, 0.3) is 0 Å². The van der Waals surface area contributed by atoms with E-state index in [4.69, 9.17) is 5.11 Å². The van der Waals surface area contributed by atoms with Crippen molar-refractivity contribution < 1.29 is 14.7 Å². The zero-order valence-electron chi connectivity index (χ0n) is 18.6. The second-order valence-corrected chi connectivity index (χ2v) is 8.13. The van der Waals surface area contributed by atoms with Crippen molar-refractivity contribution in [3.63, 3.8) is 0 Å². The van der Waals surface area contributed by atoms with Crippen LogP contribution in [0.5, 0.6) is 0 Å². The maximum Gasteiger partial charge on any atom is 0.319 e. The summed E-state index contributed by atoms with van der Waals surface area (Å²) in [6.07, 6.45) is 3.98. The lowest BCUT2D eigenvalue weighted by atomic mass is 9.97. The highest BCUT2D eigenvalue weighted by Gasteiger charge is 2.19. The molecular weight excluding hydrogens is 394 g/mol. The highest BCUT2D eigenvalue weighted by molar-refractivity contribution is 5.93. The Labute approximate surface area is 184 Å². The number of aromatic nitrogens is 1. The molecule has 3 N–H and O–H groups in total. The minimum absolute atomic E-state index is 0.103. The van der Waals surface area contributed by atoms with E-state index in [1.165, 1.54) is 0 Å². The van der Waals surface area contributed by atoms with Gasteiger partial charge in [0, 0.05) is 49.0 Å². The van der Waals surface area contributed by atoms with Crippen molar-refractivity contribution in [3.05, 3.63) is 30.5 Å². The van der Waals surface area contributed by atoms with Crippen LogP contribution >= 0.6 is 0 Å². The minimum Gasteiger partial charge on any atom is -0.395 e. The Morgan fingerprint density at radius 3 is 2.58 bits per heavy atom. The van der Waals surface area contributed by atoms with Gasteiger partial charge in [-0.25, -0.2) is 4.79 Å². The molecule has 0 saturated carbocycles. The first-order valence-electron chi connectivity index (χ1n) is 11.3. The van der Waals surface area contributed by atoms with Crippen molar-refractivity contribution in [2.45, 2.75) is 33.2 Å². The molecule has 0 atom stereocenters. The van der Waals surface area contributed by atoms with Crippen molar-refractivity contribution in [2.75, 3.05) is 51.2 Å². The summed E-state index contributed by atoms with van der Waals surface area (Å²) in [5, 5.41) is 15.9. The molecule has 1 fully saturated rings. The fourth-order valence-corrected chi connectivity index (χ4v) is 4.21. The number of benzene rings is 1. The number of hydrogen-bond acceptors (Lipinski definition) is 4. The molecule has 2 aromatic rings. The number of likely N-dealkylation sites (tertiary alicyclic amines) is 1. The maximum atomic E-state index is 12.4. The van der Waals surface area contributed by atoms with Crippen LogP contribution < -0.4 is 10.6 Å². The molecule has 170 valence electrons. The van der Waals surface area contributed by atoms with Gasteiger partial charge in [0.05, 0.1) is 6.61 Å². The van der Waals surface area contributed by atoms with Gasteiger partial charge in [0.15, 0.2) is 0 Å². The molecule has 0 radical (unpaired) electrons. The van der Waals surface area contributed by atoms with Gasteiger partial charge >= 0.3 is 6.03 Å². The molecule has 3 rings (SSSR count). The van der Waals surface area contributed by atoms with E-state index in [1.807, 2.05) is 53.8 Å². The van der Waals surface area contributed by atoms with Crippen LogP contribution in [-0.4, -0.2) is 77.3 Å². The molecular formula is C23H35N5O3. The van der Waals surface area contributed by atoms with Crippen LogP contribution in [0.15, 0.2) is 30.5 Å². The van der Waals surface area contributed by atoms with E-state index >= 15 is 0 Å². The average Bonchev–Trinajstić information content (AvgIpc) is 3.16. The van der Waals surface area contributed by atoms with Crippen molar-refractivity contribution in [1.29, 1.82) is 0 Å². The van der Waals surface area contributed by atoms with Gasteiger partial charge in [-0.05, 0) is 70.0 Å². The molecule has 3 amide bonds. The number of urea groups is 1. The molecule has 1 aliphatic heterocycles. The third-order valence-corrected chi connectivity index (χ3v) is 6.13. The van der Waals surface area contributed by atoms with Gasteiger partial charge in [-0.2, -0.15) is 0 Å². The third kappa shape index (κ3) is 6.21. The second-order valence-electron chi connectivity index (χ2n) is 8.13. The van der Waals surface area contributed by atoms with Gasteiger partial charge in [0.1, 0.15) is 6.54 Å². The number of piperidine rings is 1. The number of anilines is 1. The number of amides is 3. The van der Waals surface area contributed by atoms with E-state index in [2.05, 4.69) is 15.5 Å². The number of nitrogens with zero attached hydrogens (tertiary/aromatic N) is 3. The minimum atomic E-state index is -0.201. The molecule has 1 aliphatic rings. The monoisotopic (exact) mass is 429 g/mol. The first-order chi connectivity index (χ1) is 15.0. The van der Waals surface area contributed by atoms with Crippen molar-refractivity contribution in [3.8, 4) is 0 Å². The number of β-amino-alcohol motifs (C(OH)–C–C–N with tert-alkyl or cyclic N) is 1. The zero-order valence-corrected chi connectivity index (χ0v) is 18.6. The standard InChI is InChI=1S/C23H35N5O3/c1-3-27(4-2)22(30)17-28-12-9-19-15-20(5-6-21(19)28)25-23(31)24-16-18-7-10-26(11-8-18)13-14-29/h5-6,9,12,15,18,29H,3-4,7-8,10-11,13-14,16-17H2,1-2H3,(H2,24,25,31). The topological polar surface area (TPSA) is 89.8 Å². The van der Waals surface area contributed by atoms with Gasteiger partial charge in [-0.15, -0.1) is 0 Å². The lowest BCUT2D eigenvalue weighted by Crippen LogP contribution is -2.40. The third-order valence-electron chi connectivity index (χ3n) is 6.13. The lowest BCUT2D eigenvalue weighted by molar-refractivity contribution is -0.131. The molecule has 0 aliphatic carbocycles. The fourth-order valence-electron chi connectivity index (χ4n) is 4.21. The Kier molecular flexibility index (Phi) is 8.31. The number of carbonyl (C=O) groups excluding carboxylic acids is 2. The van der Waals surface area contributed by atoms with Gasteiger partial charge < -0.3 is 30.1 Å². The van der Waals surface area contributed by atoms with E-state index in [1.54, 1.807) is 0 Å². The van der Waals surface area contributed by atoms with Crippen LogP contribution in [0.1, 0.15) is 26.7 Å². The largest absolute Gasteiger partial charge is 0.395 e. The van der Waals surface area contributed by atoms with Gasteiger partial charge in [-0.3, -0.25) is 4.79 Å². The number of nitrogens with one attached hydrogen (secondary N) is 2. The quantitative estimate of drug-likeness (QED) is 0.571. The Morgan fingerprint density at radius 2 is 1.90 bits per heavy atom. The molecule has 0 unspecified atom stereocenters. The number of hydrogen-bond donors (Lipinski definition) is 3. The Hall–Kier alpha value is -2.58. The van der Waals surface area contributed by atoms with Crippen LogP contribution in [0.4, 0.5) is 10.5 Å². The van der Waals surface area contributed by atoms with Crippen LogP contribution in [-0.2, 0) is 11.3 Å². The molecule has 2 heterocycles. The summed E-state index contributed by atoms with van der Waals surface area (Å²) in [4.78, 5) is 28.8. The smallest absolute Gasteiger partial charge is 0.319 e. The van der Waals surface area contributed by atoms with E-state index in [0.29, 0.717) is 32.1 Å². The molecule has 31 heavy (non-hydrogen) atoms. The number of rotatable bonds is 9. The average molecular weight is 430 g/mol. The Bertz CT molecular complexity index is 869. The predicted molar refractivity (Wildman–Crippen MR) is 123 cm³/mol. The lowest BCUT2D eigenvalue weighted by Gasteiger charge is -2.31. The second kappa shape index (κ2) is 11.2. The Balaban J connectivity index is 1.51. The molecule has 0 bridgehead atoms. The van der Waals surface area contributed by atoms with Crippen LogP contribution in [0.3, 0.4) is 0 Å². The summed E-state index contributed by atoms with van der Waals surface area (Å²) in [5.74, 6) is 0.576. The van der Waals surface area contributed by atoms with E-state index in [-0.39, 0.29) is 18.5 Å². The fraction of sp³-hybridized carbons (Fsp3) is 0.565. The normalized spacial score (nSPS) is 15.2. The first kappa shape index (κ1) is 23.1. The number of likely N-dealkylation sites (N-methyl/N-ethyl adjacent to an activating group) is 1. The molecule has 1 aromatic heterocycles. The number of aliphatic hydroxyl groups excluding tert-OH is 1. The maximum absolute atomic E-state index is 12.4. The summed E-state index contributed by atoms with van der Waals surface area (Å²) >= 11 is 0. The summed E-state index contributed by atoms with van der Waals surface area (Å²) in [5.41, 5.74) is 1.71. The molecule has 0 spiro atoms. The Morgan fingerprint density at radius 1 is 1.16 bits per heavy atom. The highest BCUT2D eigenvalue weighted by Crippen LogP contribution is 2.21.